The summed E-state index contributed by atoms with van der Waals surface area (Å²) >= 11 is 11.3. The van der Waals surface area contributed by atoms with E-state index in [2.05, 4.69) is 10.1 Å². The molecule has 198 valence electrons. The van der Waals surface area contributed by atoms with Gasteiger partial charge in [-0.2, -0.15) is 13.2 Å². The van der Waals surface area contributed by atoms with Gasteiger partial charge in [0.15, 0.2) is 0 Å². The molecule has 0 aromatic heterocycles. The van der Waals surface area contributed by atoms with E-state index < -0.39 is 45.7 Å². The number of rotatable bonds is 6. The molecule has 0 fully saturated rings. The zero-order valence-corrected chi connectivity index (χ0v) is 21.7. The smallest absolute Gasteiger partial charge is 0.417 e. The molecule has 0 aliphatic heterocycles. The van der Waals surface area contributed by atoms with Crippen molar-refractivity contribution in [3.63, 3.8) is 0 Å². The lowest BCUT2D eigenvalue weighted by Crippen LogP contribution is -2.23. The van der Waals surface area contributed by atoms with Crippen molar-refractivity contribution >= 4 is 52.1 Å². The minimum atomic E-state index is -4.87. The molecule has 3 aromatic carbocycles. The molecule has 0 aliphatic carbocycles. The summed E-state index contributed by atoms with van der Waals surface area (Å²) in [5, 5.41) is 10.6. The average molecular weight is 566 g/mol. The highest BCUT2D eigenvalue weighted by Gasteiger charge is 2.36. The van der Waals surface area contributed by atoms with Crippen LogP contribution in [0.25, 0.3) is 0 Å². The van der Waals surface area contributed by atoms with Gasteiger partial charge in [-0.05, 0) is 36.4 Å². The molecule has 0 unspecified atom stereocenters. The van der Waals surface area contributed by atoms with Crippen molar-refractivity contribution in [2.75, 3.05) is 26.5 Å². The first-order chi connectivity index (χ1) is 17.8. The second-order valence-corrected chi connectivity index (χ2v) is 8.93. The van der Waals surface area contributed by atoms with Crippen LogP contribution in [-0.2, 0) is 10.9 Å². The monoisotopic (exact) mass is 565 g/mol. The van der Waals surface area contributed by atoms with Crippen LogP contribution in [0.5, 0.6) is 0 Å². The maximum atomic E-state index is 14.9. The van der Waals surface area contributed by atoms with Gasteiger partial charge in [-0.3, -0.25) is 10.2 Å². The van der Waals surface area contributed by atoms with Crippen LogP contribution in [0.2, 0.25) is 5.02 Å². The molecular formula is C26H20ClF4N3O3S. The molecule has 0 bridgehead atoms. The first kappa shape index (κ1) is 28.7. The Hall–Kier alpha value is -3.83. The first-order valence-corrected chi connectivity index (χ1v) is 11.5. The normalized spacial score (nSPS) is 11.1. The Morgan fingerprint density at radius 1 is 1.03 bits per heavy atom. The molecule has 0 saturated carbocycles. The number of amides is 1. The number of hydrogen-bond acceptors (Lipinski definition) is 5. The number of hydrogen-bond donors (Lipinski definition) is 2. The van der Waals surface area contributed by atoms with Crippen LogP contribution in [-0.4, -0.2) is 48.7 Å². The lowest BCUT2D eigenvalue weighted by atomic mass is 9.97. The van der Waals surface area contributed by atoms with Gasteiger partial charge in [-0.25, -0.2) is 9.18 Å². The van der Waals surface area contributed by atoms with Gasteiger partial charge in [-0.15, -0.1) is 0 Å². The Morgan fingerprint density at radius 2 is 1.66 bits per heavy atom. The van der Waals surface area contributed by atoms with Crippen LogP contribution in [0, 0.1) is 11.2 Å². The van der Waals surface area contributed by atoms with Crippen LogP contribution in [0.15, 0.2) is 54.6 Å². The number of benzene rings is 3. The summed E-state index contributed by atoms with van der Waals surface area (Å²) < 4.78 is 60.3. The number of carbonyl (C=O) groups is 2. The molecule has 38 heavy (non-hydrogen) atoms. The number of esters is 1. The fraction of sp³-hybridized carbons (Fsp3) is 0.154. The third kappa shape index (κ3) is 6.00. The Labute approximate surface area is 225 Å². The maximum Gasteiger partial charge on any atom is 0.417 e. The van der Waals surface area contributed by atoms with Gasteiger partial charge in [0.05, 0.1) is 40.2 Å². The second-order valence-electron chi connectivity index (χ2n) is 8.14. The minimum absolute atomic E-state index is 0.0195. The number of ether oxygens (including phenoxy) is 1. The molecule has 3 aromatic rings. The van der Waals surface area contributed by atoms with Gasteiger partial charge in [0, 0.05) is 30.8 Å². The Morgan fingerprint density at radius 3 is 2.24 bits per heavy atom. The summed E-state index contributed by atoms with van der Waals surface area (Å²) in [7, 11) is 4.48. The molecule has 0 radical (unpaired) electrons. The van der Waals surface area contributed by atoms with Crippen molar-refractivity contribution in [2.24, 2.45) is 0 Å². The van der Waals surface area contributed by atoms with Crippen LogP contribution in [0.3, 0.4) is 0 Å². The van der Waals surface area contributed by atoms with Crippen molar-refractivity contribution in [3.05, 3.63) is 98.8 Å². The highest BCUT2D eigenvalue weighted by Crippen LogP contribution is 2.36. The van der Waals surface area contributed by atoms with E-state index >= 15 is 0 Å². The summed E-state index contributed by atoms with van der Waals surface area (Å²) in [6.45, 7) is 0. The standard InChI is InChI=1S/C26H20ClF4N3O3S/c1-34(2)24(38)13-7-10-16(22(32)15-9-8-14(11-19(15)28)25(36)37-3)20(12-13)33-23(35)21-17(26(29,30)31)5-4-6-18(21)27/h4-12,32H,1-3H3,(H,33,35). The van der Waals surface area contributed by atoms with Crippen LogP contribution in [0.1, 0.15) is 43.0 Å². The van der Waals surface area contributed by atoms with E-state index in [1.807, 2.05) is 0 Å². The Bertz CT molecular complexity index is 1460. The van der Waals surface area contributed by atoms with Crippen molar-refractivity contribution in [1.82, 2.24) is 4.90 Å². The van der Waals surface area contributed by atoms with E-state index in [0.29, 0.717) is 10.6 Å². The summed E-state index contributed by atoms with van der Waals surface area (Å²) in [5.41, 5.74) is -2.50. The quantitative estimate of drug-likeness (QED) is 0.161. The molecule has 3 rings (SSSR count). The number of alkyl halides is 3. The molecule has 2 N–H and O–H groups in total. The molecule has 1 amide bonds. The van der Waals surface area contributed by atoms with E-state index in [1.54, 1.807) is 19.0 Å². The average Bonchev–Trinajstić information content (AvgIpc) is 2.86. The highest BCUT2D eigenvalue weighted by molar-refractivity contribution is 7.80. The van der Waals surface area contributed by atoms with Crippen molar-refractivity contribution < 1.29 is 31.9 Å². The summed E-state index contributed by atoms with van der Waals surface area (Å²) in [5.74, 6) is -2.89. The number of nitrogens with zero attached hydrogens (tertiary/aromatic N) is 1. The maximum absolute atomic E-state index is 14.9. The van der Waals surface area contributed by atoms with E-state index in [9.17, 15) is 27.2 Å². The van der Waals surface area contributed by atoms with Crippen LogP contribution < -0.4 is 5.32 Å². The number of carbonyl (C=O) groups excluding carboxylic acids is 2. The Kier molecular flexibility index (Phi) is 8.53. The van der Waals surface area contributed by atoms with E-state index in [4.69, 9.17) is 29.2 Å². The number of methoxy groups -OCH3 is 1. The molecule has 0 heterocycles. The largest absolute Gasteiger partial charge is 0.465 e. The number of nitrogens with one attached hydrogen (secondary N) is 2. The zero-order chi connectivity index (χ0) is 28.4. The predicted octanol–water partition coefficient (Wildman–Crippen LogP) is 6.19. The third-order valence-corrected chi connectivity index (χ3v) is 6.31. The van der Waals surface area contributed by atoms with Crippen molar-refractivity contribution in [1.29, 1.82) is 5.41 Å². The number of halogens is 5. The third-order valence-electron chi connectivity index (χ3n) is 5.40. The molecule has 12 heteroatoms. The molecule has 0 aliphatic rings. The second kappa shape index (κ2) is 11.3. The highest BCUT2D eigenvalue weighted by atomic mass is 35.5. The van der Waals surface area contributed by atoms with Gasteiger partial charge in [0.2, 0.25) is 0 Å². The fourth-order valence-corrected chi connectivity index (χ4v) is 3.93. The molecular weight excluding hydrogens is 546 g/mol. The first-order valence-electron chi connectivity index (χ1n) is 10.8. The summed E-state index contributed by atoms with van der Waals surface area (Å²) in [6, 6.07) is 10.5. The van der Waals surface area contributed by atoms with E-state index in [0.717, 1.165) is 31.4 Å². The SMILES string of the molecule is COC(=O)c1ccc(C(=N)c2ccc(C(=S)N(C)C)cc2NC(=O)c2c(Cl)cccc2C(F)(F)F)c(F)c1. The number of anilines is 1. The number of thiocarbonyl (C=S) groups is 1. The predicted molar refractivity (Wildman–Crippen MR) is 140 cm³/mol. The molecule has 0 saturated heterocycles. The van der Waals surface area contributed by atoms with E-state index in [-0.39, 0.29) is 22.4 Å². The zero-order valence-electron chi connectivity index (χ0n) is 20.2. The minimum Gasteiger partial charge on any atom is -0.465 e. The van der Waals surface area contributed by atoms with Crippen molar-refractivity contribution in [2.45, 2.75) is 6.18 Å². The van der Waals surface area contributed by atoms with Gasteiger partial charge in [0.25, 0.3) is 5.91 Å². The van der Waals surface area contributed by atoms with Gasteiger partial charge >= 0.3 is 12.1 Å². The summed E-state index contributed by atoms with van der Waals surface area (Å²) in [6.07, 6.45) is -4.87. The Balaban J connectivity index is 2.13. The lowest BCUT2D eigenvalue weighted by molar-refractivity contribution is -0.137. The van der Waals surface area contributed by atoms with Crippen LogP contribution in [0.4, 0.5) is 23.2 Å². The fourth-order valence-electron chi connectivity index (χ4n) is 3.54. The molecule has 0 atom stereocenters. The van der Waals surface area contributed by atoms with E-state index in [1.165, 1.54) is 30.3 Å². The molecule has 6 nitrogen and oxygen atoms in total. The van der Waals surface area contributed by atoms with Gasteiger partial charge in [0.1, 0.15) is 10.8 Å². The van der Waals surface area contributed by atoms with Gasteiger partial charge in [-0.1, -0.05) is 42.0 Å². The lowest BCUT2D eigenvalue weighted by Gasteiger charge is -2.19. The summed E-state index contributed by atoms with van der Waals surface area (Å²) in [4.78, 5) is 26.8. The van der Waals surface area contributed by atoms with Crippen LogP contribution >= 0.6 is 23.8 Å². The molecule has 0 spiro atoms. The topological polar surface area (TPSA) is 82.5 Å². The van der Waals surface area contributed by atoms with Crippen molar-refractivity contribution in [3.8, 4) is 0 Å². The van der Waals surface area contributed by atoms with Gasteiger partial charge < -0.3 is 15.0 Å².